The van der Waals surface area contributed by atoms with Crippen LogP contribution in [0.5, 0.6) is 5.75 Å². The smallest absolute Gasteiger partial charge is 0.125 e. The molecule has 3 aliphatic rings. The molecule has 1 aromatic carbocycles. The summed E-state index contributed by atoms with van der Waals surface area (Å²) >= 11 is 6.24. The van der Waals surface area contributed by atoms with Crippen molar-refractivity contribution >= 4 is 11.6 Å². The number of hydrogen-bond donors (Lipinski definition) is 1. The minimum atomic E-state index is -0.258. The average Bonchev–Trinajstić information content (AvgIpc) is 3.00. The van der Waals surface area contributed by atoms with Crippen LogP contribution in [-0.2, 0) is 17.6 Å². The van der Waals surface area contributed by atoms with Crippen LogP contribution < -0.4 is 10.5 Å². The van der Waals surface area contributed by atoms with E-state index in [1.807, 2.05) is 12.1 Å². The van der Waals surface area contributed by atoms with E-state index in [9.17, 15) is 0 Å². The number of benzene rings is 1. The summed E-state index contributed by atoms with van der Waals surface area (Å²) in [7, 11) is 0. The standard InChI is InChI=1S/C16H20ClNO2/c17-13-7-11-3-5-19-14(11)12(8-13)9-16(18)4-6-20-15(16)10-1-2-10/h7-8,10,15H,1-6,9,18H2. The van der Waals surface area contributed by atoms with Crippen LogP contribution in [0.1, 0.15) is 30.4 Å². The number of rotatable bonds is 3. The van der Waals surface area contributed by atoms with Gasteiger partial charge >= 0.3 is 0 Å². The molecular formula is C16H20ClNO2. The Morgan fingerprint density at radius 2 is 2.15 bits per heavy atom. The molecule has 2 atom stereocenters. The van der Waals surface area contributed by atoms with Gasteiger partial charge in [-0.1, -0.05) is 11.6 Å². The highest BCUT2D eigenvalue weighted by molar-refractivity contribution is 6.30. The van der Waals surface area contributed by atoms with Crippen LogP contribution in [0.4, 0.5) is 0 Å². The predicted octanol–water partition coefficient (Wildman–Crippen LogP) is 2.71. The number of nitrogens with two attached hydrogens (primary N) is 1. The monoisotopic (exact) mass is 293 g/mol. The third-order valence-corrected chi connectivity index (χ3v) is 5.04. The molecule has 2 heterocycles. The van der Waals surface area contributed by atoms with Crippen LogP contribution >= 0.6 is 11.6 Å². The second kappa shape index (κ2) is 4.62. The summed E-state index contributed by atoms with van der Waals surface area (Å²) in [6.45, 7) is 1.53. The summed E-state index contributed by atoms with van der Waals surface area (Å²) < 4.78 is 11.7. The molecule has 4 rings (SSSR count). The molecule has 3 nitrogen and oxygen atoms in total. The second-order valence-corrected chi connectivity index (χ2v) is 6.88. The predicted molar refractivity (Wildman–Crippen MR) is 78.4 cm³/mol. The maximum atomic E-state index is 6.70. The first-order chi connectivity index (χ1) is 9.66. The van der Waals surface area contributed by atoms with Crippen LogP contribution in [0.25, 0.3) is 0 Å². The van der Waals surface area contributed by atoms with Crippen molar-refractivity contribution in [3.63, 3.8) is 0 Å². The van der Waals surface area contributed by atoms with Crippen molar-refractivity contribution in [2.24, 2.45) is 11.7 Å². The van der Waals surface area contributed by atoms with Crippen molar-refractivity contribution in [2.75, 3.05) is 13.2 Å². The fraction of sp³-hybridized carbons (Fsp3) is 0.625. The van der Waals surface area contributed by atoms with Crippen LogP contribution in [0.2, 0.25) is 5.02 Å². The maximum Gasteiger partial charge on any atom is 0.125 e. The average molecular weight is 294 g/mol. The molecule has 1 aromatic rings. The Morgan fingerprint density at radius 1 is 1.30 bits per heavy atom. The van der Waals surface area contributed by atoms with Crippen LogP contribution in [0, 0.1) is 5.92 Å². The van der Waals surface area contributed by atoms with E-state index in [1.54, 1.807) is 0 Å². The normalized spacial score (nSPS) is 32.2. The van der Waals surface area contributed by atoms with E-state index in [0.717, 1.165) is 48.8 Å². The van der Waals surface area contributed by atoms with E-state index in [4.69, 9.17) is 26.8 Å². The maximum absolute atomic E-state index is 6.70. The molecular weight excluding hydrogens is 274 g/mol. The van der Waals surface area contributed by atoms with Gasteiger partial charge in [0.25, 0.3) is 0 Å². The fourth-order valence-corrected chi connectivity index (χ4v) is 3.97. The van der Waals surface area contributed by atoms with Gasteiger partial charge < -0.3 is 15.2 Å². The molecule has 2 fully saturated rings. The van der Waals surface area contributed by atoms with E-state index in [2.05, 4.69) is 0 Å². The van der Waals surface area contributed by atoms with Crippen molar-refractivity contribution in [3.8, 4) is 5.75 Å². The first-order valence-corrected chi connectivity index (χ1v) is 7.88. The second-order valence-electron chi connectivity index (χ2n) is 6.44. The Bertz CT molecular complexity index is 544. The third-order valence-electron chi connectivity index (χ3n) is 4.83. The summed E-state index contributed by atoms with van der Waals surface area (Å²) in [4.78, 5) is 0. The van der Waals surface area contributed by atoms with Gasteiger partial charge in [0.15, 0.2) is 0 Å². The highest BCUT2D eigenvalue weighted by Gasteiger charge is 2.49. The Labute approximate surface area is 124 Å². The lowest BCUT2D eigenvalue weighted by Crippen LogP contribution is -2.50. The van der Waals surface area contributed by atoms with Crippen molar-refractivity contribution in [2.45, 2.75) is 43.7 Å². The van der Waals surface area contributed by atoms with Crippen LogP contribution in [-0.4, -0.2) is 24.9 Å². The quantitative estimate of drug-likeness (QED) is 0.932. The van der Waals surface area contributed by atoms with Gasteiger partial charge in [0, 0.05) is 23.6 Å². The van der Waals surface area contributed by atoms with E-state index < -0.39 is 0 Å². The van der Waals surface area contributed by atoms with Gasteiger partial charge in [-0.3, -0.25) is 0 Å². The highest BCUT2D eigenvalue weighted by atomic mass is 35.5. The lowest BCUT2D eigenvalue weighted by Gasteiger charge is -2.30. The number of fused-ring (bicyclic) bond motifs is 1. The van der Waals surface area contributed by atoms with Crippen molar-refractivity contribution in [1.29, 1.82) is 0 Å². The molecule has 108 valence electrons. The summed E-state index contributed by atoms with van der Waals surface area (Å²) in [5.74, 6) is 1.68. The molecule has 0 spiro atoms. The van der Waals surface area contributed by atoms with E-state index in [-0.39, 0.29) is 11.6 Å². The largest absolute Gasteiger partial charge is 0.493 e. The number of hydrogen-bond acceptors (Lipinski definition) is 3. The number of ether oxygens (including phenoxy) is 2. The van der Waals surface area contributed by atoms with Gasteiger partial charge in [-0.2, -0.15) is 0 Å². The minimum Gasteiger partial charge on any atom is -0.493 e. The first kappa shape index (κ1) is 12.9. The summed E-state index contributed by atoms with van der Waals surface area (Å²) in [6, 6.07) is 4.03. The van der Waals surface area contributed by atoms with Crippen LogP contribution in [0.3, 0.4) is 0 Å². The van der Waals surface area contributed by atoms with E-state index in [1.165, 1.54) is 18.4 Å². The molecule has 1 aliphatic carbocycles. The molecule has 0 bridgehead atoms. The van der Waals surface area contributed by atoms with E-state index in [0.29, 0.717) is 5.92 Å². The van der Waals surface area contributed by atoms with Crippen molar-refractivity contribution in [3.05, 3.63) is 28.3 Å². The van der Waals surface area contributed by atoms with Gasteiger partial charge in [0.1, 0.15) is 5.75 Å². The Morgan fingerprint density at radius 3 is 2.95 bits per heavy atom. The zero-order valence-corrected chi connectivity index (χ0v) is 12.3. The van der Waals surface area contributed by atoms with Crippen molar-refractivity contribution < 1.29 is 9.47 Å². The molecule has 0 amide bonds. The first-order valence-electron chi connectivity index (χ1n) is 7.50. The SMILES string of the molecule is NC1(Cc2cc(Cl)cc3c2OCC3)CCOC1C1CC1. The van der Waals surface area contributed by atoms with Gasteiger partial charge in [0.2, 0.25) is 0 Å². The molecule has 1 saturated carbocycles. The lowest BCUT2D eigenvalue weighted by molar-refractivity contribution is 0.0625. The Kier molecular flexibility index (Phi) is 2.99. The topological polar surface area (TPSA) is 44.5 Å². The van der Waals surface area contributed by atoms with Crippen molar-refractivity contribution in [1.82, 2.24) is 0 Å². The zero-order valence-electron chi connectivity index (χ0n) is 11.5. The summed E-state index contributed by atoms with van der Waals surface area (Å²) in [5.41, 5.74) is 8.81. The van der Waals surface area contributed by atoms with Gasteiger partial charge in [-0.15, -0.1) is 0 Å². The third kappa shape index (κ3) is 2.12. The highest BCUT2D eigenvalue weighted by Crippen LogP contribution is 2.45. The molecule has 2 N–H and O–H groups in total. The molecule has 20 heavy (non-hydrogen) atoms. The molecule has 0 radical (unpaired) electrons. The molecule has 2 aliphatic heterocycles. The van der Waals surface area contributed by atoms with E-state index >= 15 is 0 Å². The fourth-order valence-electron chi connectivity index (χ4n) is 3.71. The molecule has 0 aromatic heterocycles. The molecule has 2 unspecified atom stereocenters. The summed E-state index contributed by atoms with van der Waals surface area (Å²) in [6.07, 6.45) is 5.40. The Balaban J connectivity index is 1.65. The van der Waals surface area contributed by atoms with Gasteiger partial charge in [-0.25, -0.2) is 0 Å². The van der Waals surface area contributed by atoms with Crippen LogP contribution in [0.15, 0.2) is 12.1 Å². The zero-order chi connectivity index (χ0) is 13.7. The van der Waals surface area contributed by atoms with Gasteiger partial charge in [0.05, 0.1) is 12.7 Å². The Hall–Kier alpha value is -0.770. The minimum absolute atomic E-state index is 0.207. The lowest BCUT2D eigenvalue weighted by atomic mass is 9.83. The number of halogens is 1. The van der Waals surface area contributed by atoms with Gasteiger partial charge in [-0.05, 0) is 54.9 Å². The molecule has 1 saturated heterocycles. The summed E-state index contributed by atoms with van der Waals surface area (Å²) in [5, 5.41) is 0.787. The molecule has 4 heteroatoms.